The minimum atomic E-state index is -1.24. The molecule has 0 bridgehead atoms. The maximum absolute atomic E-state index is 12.6. The summed E-state index contributed by atoms with van der Waals surface area (Å²) in [5, 5.41) is 26.2. The molecule has 0 fully saturated rings. The molecule has 0 radical (unpaired) electrons. The summed E-state index contributed by atoms with van der Waals surface area (Å²) in [7, 11) is 0. The van der Waals surface area contributed by atoms with Crippen molar-refractivity contribution in [3.05, 3.63) is 29.8 Å². The number of carboxylic acid groups (broad SMARTS) is 1. The molecule has 1 rings (SSSR count). The van der Waals surface area contributed by atoms with E-state index in [0.717, 1.165) is 0 Å². The Balaban J connectivity index is 2.75. The van der Waals surface area contributed by atoms with Crippen molar-refractivity contribution in [3.8, 4) is 5.75 Å². The molecule has 11 nitrogen and oxygen atoms in total. The lowest BCUT2D eigenvalue weighted by molar-refractivity contribution is -0.142. The van der Waals surface area contributed by atoms with Gasteiger partial charge in [-0.2, -0.15) is 0 Å². The van der Waals surface area contributed by atoms with E-state index in [1.54, 1.807) is 12.1 Å². The van der Waals surface area contributed by atoms with Crippen LogP contribution in [0.25, 0.3) is 0 Å². The van der Waals surface area contributed by atoms with E-state index in [1.807, 2.05) is 0 Å². The summed E-state index contributed by atoms with van der Waals surface area (Å²) >= 11 is 0. The molecule has 4 atom stereocenters. The fourth-order valence-electron chi connectivity index (χ4n) is 2.81. The molecule has 0 aliphatic heterocycles. The fraction of sp³-hybridized carbons (Fsp3) is 0.524. The van der Waals surface area contributed by atoms with E-state index in [1.165, 1.54) is 26.0 Å². The SMILES string of the molecule is CC(N)C(=O)NC(CCCCN)C(=O)NC(C)C(=O)NC(Cc1ccc(O)cc1)C(=O)O. The number of carboxylic acids is 1. The van der Waals surface area contributed by atoms with E-state index >= 15 is 0 Å². The predicted molar refractivity (Wildman–Crippen MR) is 117 cm³/mol. The molecule has 1 aromatic carbocycles. The number of benzene rings is 1. The number of nitrogens with one attached hydrogen (secondary N) is 3. The topological polar surface area (TPSA) is 197 Å². The molecule has 11 heteroatoms. The van der Waals surface area contributed by atoms with Crippen molar-refractivity contribution in [3.63, 3.8) is 0 Å². The van der Waals surface area contributed by atoms with Gasteiger partial charge in [-0.1, -0.05) is 12.1 Å². The van der Waals surface area contributed by atoms with E-state index in [0.29, 0.717) is 31.4 Å². The number of phenols is 1. The Bertz CT molecular complexity index is 783. The summed E-state index contributed by atoms with van der Waals surface area (Å²) in [6.07, 6.45) is 1.55. The van der Waals surface area contributed by atoms with Crippen molar-refractivity contribution >= 4 is 23.7 Å². The van der Waals surface area contributed by atoms with Gasteiger partial charge in [0.25, 0.3) is 0 Å². The van der Waals surface area contributed by atoms with Crippen molar-refractivity contribution in [1.29, 1.82) is 0 Å². The second-order valence-electron chi connectivity index (χ2n) is 7.63. The Morgan fingerprint density at radius 1 is 0.906 bits per heavy atom. The molecule has 1 aromatic rings. The third kappa shape index (κ3) is 9.31. The average Bonchev–Trinajstić information content (AvgIpc) is 2.73. The zero-order valence-corrected chi connectivity index (χ0v) is 18.3. The van der Waals surface area contributed by atoms with Crippen LogP contribution in [0, 0.1) is 0 Å². The average molecular weight is 452 g/mol. The molecule has 9 N–H and O–H groups in total. The number of hydrogen-bond donors (Lipinski definition) is 7. The molecule has 0 spiro atoms. The van der Waals surface area contributed by atoms with Crippen LogP contribution in [0.15, 0.2) is 24.3 Å². The minimum Gasteiger partial charge on any atom is -0.508 e. The molecule has 0 heterocycles. The predicted octanol–water partition coefficient (Wildman–Crippen LogP) is -1.03. The summed E-state index contributed by atoms with van der Waals surface area (Å²) in [5.74, 6) is -2.98. The number of amides is 3. The number of phenolic OH excluding ortho intramolecular Hbond substituents is 1. The number of carbonyl (C=O) groups excluding carboxylic acids is 3. The molecule has 0 saturated carbocycles. The highest BCUT2D eigenvalue weighted by atomic mass is 16.4. The van der Waals surface area contributed by atoms with Crippen LogP contribution in [0.4, 0.5) is 0 Å². The van der Waals surface area contributed by atoms with Gasteiger partial charge in [-0.15, -0.1) is 0 Å². The second kappa shape index (κ2) is 13.3. The maximum Gasteiger partial charge on any atom is 0.326 e. The van der Waals surface area contributed by atoms with Crippen LogP contribution in [0.2, 0.25) is 0 Å². The summed E-state index contributed by atoms with van der Waals surface area (Å²) < 4.78 is 0. The molecule has 32 heavy (non-hydrogen) atoms. The first-order chi connectivity index (χ1) is 15.0. The number of nitrogens with two attached hydrogens (primary N) is 2. The van der Waals surface area contributed by atoms with Gasteiger partial charge in [0, 0.05) is 6.42 Å². The van der Waals surface area contributed by atoms with Crippen LogP contribution in [-0.4, -0.2) is 64.6 Å². The summed E-state index contributed by atoms with van der Waals surface area (Å²) in [6.45, 7) is 3.34. The Morgan fingerprint density at radius 3 is 2.03 bits per heavy atom. The van der Waals surface area contributed by atoms with Gasteiger partial charge in [0.05, 0.1) is 6.04 Å². The standard InChI is InChI=1S/C21H33N5O6/c1-12(23)18(28)25-16(5-3-4-10-22)20(30)24-13(2)19(29)26-17(21(31)32)11-14-6-8-15(27)9-7-14/h6-9,12-13,16-17,27H,3-5,10-11,22-23H2,1-2H3,(H,24,30)(H,25,28)(H,26,29)(H,31,32). The molecule has 0 aliphatic rings. The number of aromatic hydroxyl groups is 1. The van der Waals surface area contributed by atoms with E-state index in [4.69, 9.17) is 11.5 Å². The van der Waals surface area contributed by atoms with Gasteiger partial charge in [-0.05, 0) is 57.4 Å². The van der Waals surface area contributed by atoms with Crippen LogP contribution in [-0.2, 0) is 25.6 Å². The monoisotopic (exact) mass is 451 g/mol. The first-order valence-electron chi connectivity index (χ1n) is 10.4. The molecule has 178 valence electrons. The van der Waals surface area contributed by atoms with Crippen molar-refractivity contribution in [2.45, 2.75) is 63.7 Å². The van der Waals surface area contributed by atoms with E-state index in [9.17, 15) is 29.4 Å². The number of rotatable bonds is 13. The fourth-order valence-corrected chi connectivity index (χ4v) is 2.81. The highest BCUT2D eigenvalue weighted by Gasteiger charge is 2.27. The van der Waals surface area contributed by atoms with Gasteiger partial charge in [0.1, 0.15) is 23.9 Å². The molecule has 0 aliphatic carbocycles. The van der Waals surface area contributed by atoms with E-state index < -0.39 is 47.9 Å². The molecule has 0 saturated heterocycles. The van der Waals surface area contributed by atoms with Crippen LogP contribution in [0.3, 0.4) is 0 Å². The van der Waals surface area contributed by atoms with Crippen molar-refractivity contribution in [2.24, 2.45) is 11.5 Å². The molecule has 0 aromatic heterocycles. The quantitative estimate of drug-likeness (QED) is 0.185. The largest absolute Gasteiger partial charge is 0.508 e. The van der Waals surface area contributed by atoms with Gasteiger partial charge >= 0.3 is 5.97 Å². The number of hydrogen-bond acceptors (Lipinski definition) is 7. The number of carbonyl (C=O) groups is 4. The first-order valence-corrected chi connectivity index (χ1v) is 10.4. The first kappa shape index (κ1) is 26.9. The Morgan fingerprint density at radius 2 is 1.50 bits per heavy atom. The van der Waals surface area contributed by atoms with Crippen molar-refractivity contribution in [2.75, 3.05) is 6.54 Å². The smallest absolute Gasteiger partial charge is 0.326 e. The lowest BCUT2D eigenvalue weighted by atomic mass is 10.1. The lowest BCUT2D eigenvalue weighted by Gasteiger charge is -2.23. The second-order valence-corrected chi connectivity index (χ2v) is 7.63. The number of aliphatic carboxylic acids is 1. The van der Waals surface area contributed by atoms with E-state index in [2.05, 4.69) is 16.0 Å². The normalized spacial score (nSPS) is 14.5. The van der Waals surface area contributed by atoms with Crippen LogP contribution in [0.5, 0.6) is 5.75 Å². The zero-order chi connectivity index (χ0) is 24.3. The number of unbranched alkanes of at least 4 members (excludes halogenated alkanes) is 1. The van der Waals surface area contributed by atoms with E-state index in [-0.39, 0.29) is 12.2 Å². The van der Waals surface area contributed by atoms with Gasteiger partial charge in [0.15, 0.2) is 0 Å². The van der Waals surface area contributed by atoms with Gasteiger partial charge < -0.3 is 37.6 Å². The Hall–Kier alpha value is -3.18. The van der Waals surface area contributed by atoms with Crippen LogP contribution in [0.1, 0.15) is 38.7 Å². The highest BCUT2D eigenvalue weighted by molar-refractivity contribution is 5.93. The summed E-state index contributed by atoms with van der Waals surface area (Å²) in [5.41, 5.74) is 11.6. The molecular weight excluding hydrogens is 418 g/mol. The van der Waals surface area contributed by atoms with Crippen molar-refractivity contribution < 1.29 is 29.4 Å². The van der Waals surface area contributed by atoms with Crippen LogP contribution < -0.4 is 27.4 Å². The summed E-state index contributed by atoms with van der Waals surface area (Å²) in [6, 6.07) is 1.95. The van der Waals surface area contributed by atoms with Crippen molar-refractivity contribution in [1.82, 2.24) is 16.0 Å². The third-order valence-corrected chi connectivity index (χ3v) is 4.74. The molecule has 4 unspecified atom stereocenters. The summed E-state index contributed by atoms with van der Waals surface area (Å²) in [4.78, 5) is 48.6. The Labute approximate surface area is 186 Å². The van der Waals surface area contributed by atoms with Crippen LogP contribution >= 0.6 is 0 Å². The minimum absolute atomic E-state index is 0.00577. The van der Waals surface area contributed by atoms with Gasteiger partial charge in [-0.3, -0.25) is 14.4 Å². The lowest BCUT2D eigenvalue weighted by Crippen LogP contribution is -2.56. The highest BCUT2D eigenvalue weighted by Crippen LogP contribution is 2.11. The third-order valence-electron chi connectivity index (χ3n) is 4.74. The molecule has 3 amide bonds. The zero-order valence-electron chi connectivity index (χ0n) is 18.3. The Kier molecular flexibility index (Phi) is 11.1. The van der Waals surface area contributed by atoms with Gasteiger partial charge in [0.2, 0.25) is 17.7 Å². The van der Waals surface area contributed by atoms with Gasteiger partial charge in [-0.25, -0.2) is 4.79 Å². The maximum atomic E-state index is 12.6. The molecular formula is C21H33N5O6.